The van der Waals surface area contributed by atoms with Gasteiger partial charge in [-0.25, -0.2) is 35.5 Å². The number of pyridine rings is 1. The molecule has 0 saturated heterocycles. The van der Waals surface area contributed by atoms with Crippen LogP contribution >= 0.6 is 0 Å². The Balaban J connectivity index is 1.53. The number of aromatic nitrogens is 3. The Hall–Kier alpha value is -4.24. The van der Waals surface area contributed by atoms with Gasteiger partial charge in [0.25, 0.3) is 5.56 Å². The van der Waals surface area contributed by atoms with Crippen LogP contribution in [0.4, 0.5) is 27.6 Å². The smallest absolute Gasteiger partial charge is 0.272 e. The number of nitrogens with one attached hydrogen (secondary N) is 1. The van der Waals surface area contributed by atoms with Gasteiger partial charge in [0.15, 0.2) is 28.2 Å². The van der Waals surface area contributed by atoms with Crippen molar-refractivity contribution in [3.63, 3.8) is 0 Å². The first-order valence-corrected chi connectivity index (χ1v) is 15.6. The molecule has 15 heteroatoms. The molecule has 0 atom stereocenters. The van der Waals surface area contributed by atoms with Crippen LogP contribution in [-0.2, 0) is 21.4 Å². The molecule has 0 bridgehead atoms. The predicted octanol–water partition coefficient (Wildman–Crippen LogP) is 5.31. The van der Waals surface area contributed by atoms with E-state index in [1.54, 1.807) is 12.1 Å². The summed E-state index contributed by atoms with van der Waals surface area (Å²) < 4.78 is 97.4. The lowest BCUT2D eigenvalue weighted by atomic mass is 9.86. The SMILES string of the molecule is CCN(CC(=O)N(Cc1cccc(C2CCCCC2)n1)c1ccc2c(=O)[nH]ncc2c1)S(=O)(=O)c1c(F)c(F)c(F)c(F)c1F. The number of sulfonamides is 1. The molecule has 2 heterocycles. The Morgan fingerprint density at radius 2 is 1.62 bits per heavy atom. The first-order chi connectivity index (χ1) is 21.4. The average molecular weight is 650 g/mol. The van der Waals surface area contributed by atoms with Crippen molar-refractivity contribution < 1.29 is 35.2 Å². The van der Waals surface area contributed by atoms with Crippen molar-refractivity contribution in [1.82, 2.24) is 19.5 Å². The van der Waals surface area contributed by atoms with Gasteiger partial charge in [0, 0.05) is 29.2 Å². The molecule has 1 saturated carbocycles. The maximum absolute atomic E-state index is 14.6. The normalized spacial score (nSPS) is 14.3. The van der Waals surface area contributed by atoms with Crippen molar-refractivity contribution in [3.8, 4) is 0 Å². The number of hydrogen-bond acceptors (Lipinski definition) is 6. The molecule has 1 fully saturated rings. The fraction of sp³-hybridized carbons (Fsp3) is 0.333. The number of anilines is 1. The van der Waals surface area contributed by atoms with Crippen molar-refractivity contribution in [2.45, 2.75) is 56.4 Å². The highest BCUT2D eigenvalue weighted by Gasteiger charge is 2.38. The number of likely N-dealkylation sites (N-methyl/N-ethyl adjacent to an activating group) is 1. The van der Waals surface area contributed by atoms with Gasteiger partial charge in [-0.3, -0.25) is 14.6 Å². The van der Waals surface area contributed by atoms with Crippen LogP contribution in [0.15, 0.2) is 52.3 Å². The van der Waals surface area contributed by atoms with Crippen LogP contribution in [0.3, 0.4) is 0 Å². The van der Waals surface area contributed by atoms with E-state index in [2.05, 4.69) is 10.2 Å². The summed E-state index contributed by atoms with van der Waals surface area (Å²) in [6, 6.07) is 9.76. The van der Waals surface area contributed by atoms with Gasteiger partial charge in [-0.1, -0.05) is 32.3 Å². The number of aromatic amines is 1. The fourth-order valence-corrected chi connectivity index (χ4v) is 7.00. The molecule has 45 heavy (non-hydrogen) atoms. The second-order valence-corrected chi connectivity index (χ2v) is 12.5. The van der Waals surface area contributed by atoms with Crippen molar-refractivity contribution in [2.24, 2.45) is 0 Å². The van der Waals surface area contributed by atoms with Gasteiger partial charge in [0.1, 0.15) is 0 Å². The van der Waals surface area contributed by atoms with Gasteiger partial charge in [-0.15, -0.1) is 0 Å². The Morgan fingerprint density at radius 3 is 2.29 bits per heavy atom. The van der Waals surface area contributed by atoms with E-state index in [1.807, 2.05) is 6.07 Å². The maximum atomic E-state index is 14.6. The first kappa shape index (κ1) is 32.2. The van der Waals surface area contributed by atoms with Gasteiger partial charge >= 0.3 is 0 Å². The number of hydrogen-bond donors (Lipinski definition) is 1. The molecule has 1 amide bonds. The molecular formula is C30H28F5N5O4S. The average Bonchev–Trinajstić information content (AvgIpc) is 3.04. The second-order valence-electron chi connectivity index (χ2n) is 10.7. The Bertz CT molecular complexity index is 1900. The van der Waals surface area contributed by atoms with Crippen LogP contribution in [0, 0.1) is 29.1 Å². The van der Waals surface area contributed by atoms with Crippen LogP contribution < -0.4 is 10.5 Å². The summed E-state index contributed by atoms with van der Waals surface area (Å²) in [4.78, 5) is 29.9. The van der Waals surface area contributed by atoms with Gasteiger partial charge < -0.3 is 4.90 Å². The molecule has 238 valence electrons. The summed E-state index contributed by atoms with van der Waals surface area (Å²) in [5, 5.41) is 6.70. The summed E-state index contributed by atoms with van der Waals surface area (Å²) in [6.45, 7) is -0.494. The van der Waals surface area contributed by atoms with E-state index in [-0.39, 0.29) is 23.5 Å². The van der Waals surface area contributed by atoms with Gasteiger partial charge in [-0.2, -0.15) is 9.40 Å². The molecule has 1 aliphatic rings. The zero-order valence-corrected chi connectivity index (χ0v) is 24.8. The van der Waals surface area contributed by atoms with E-state index in [0.717, 1.165) is 37.8 Å². The van der Waals surface area contributed by atoms with E-state index in [4.69, 9.17) is 4.98 Å². The molecule has 2 aromatic heterocycles. The topological polar surface area (TPSA) is 116 Å². The van der Waals surface area contributed by atoms with Crippen LogP contribution in [0.5, 0.6) is 0 Å². The van der Waals surface area contributed by atoms with E-state index in [9.17, 15) is 40.0 Å². The highest BCUT2D eigenvalue weighted by molar-refractivity contribution is 7.89. The second kappa shape index (κ2) is 13.0. The van der Waals surface area contributed by atoms with E-state index in [0.29, 0.717) is 15.4 Å². The number of fused-ring (bicyclic) bond motifs is 1. The van der Waals surface area contributed by atoms with E-state index >= 15 is 0 Å². The van der Waals surface area contributed by atoms with Crippen LogP contribution in [0.1, 0.15) is 56.3 Å². The number of benzene rings is 2. The number of carbonyl (C=O) groups is 1. The minimum absolute atomic E-state index is 0.165. The molecule has 5 rings (SSSR count). The minimum atomic E-state index is -5.40. The molecular weight excluding hydrogens is 621 g/mol. The summed E-state index contributed by atoms with van der Waals surface area (Å²) in [6.07, 6.45) is 6.56. The third kappa shape index (κ3) is 6.31. The lowest BCUT2D eigenvalue weighted by molar-refractivity contribution is -0.119. The highest BCUT2D eigenvalue weighted by Crippen LogP contribution is 2.32. The zero-order valence-electron chi connectivity index (χ0n) is 24.0. The third-order valence-corrected chi connectivity index (χ3v) is 9.81. The largest absolute Gasteiger partial charge is 0.305 e. The first-order valence-electron chi connectivity index (χ1n) is 14.2. The highest BCUT2D eigenvalue weighted by atomic mass is 32.2. The zero-order chi connectivity index (χ0) is 32.5. The third-order valence-electron chi connectivity index (χ3n) is 7.87. The van der Waals surface area contributed by atoms with Crippen molar-refractivity contribution >= 4 is 32.4 Å². The summed E-state index contributed by atoms with van der Waals surface area (Å²) >= 11 is 0. The number of H-pyrrole nitrogens is 1. The maximum Gasteiger partial charge on any atom is 0.272 e. The minimum Gasteiger partial charge on any atom is -0.305 e. The quantitative estimate of drug-likeness (QED) is 0.149. The Labute approximate surface area is 254 Å². The number of carbonyl (C=O) groups excluding carboxylic acids is 1. The Morgan fingerprint density at radius 1 is 0.956 bits per heavy atom. The number of amides is 1. The number of nitrogens with zero attached hydrogens (tertiary/aromatic N) is 4. The van der Waals surface area contributed by atoms with Crippen LogP contribution in [-0.4, -0.2) is 46.9 Å². The molecule has 2 aromatic carbocycles. The monoisotopic (exact) mass is 649 g/mol. The van der Waals surface area contributed by atoms with Crippen molar-refractivity contribution in [3.05, 3.63) is 93.4 Å². The molecule has 4 aromatic rings. The van der Waals surface area contributed by atoms with Gasteiger partial charge in [0.2, 0.25) is 21.7 Å². The van der Waals surface area contributed by atoms with Gasteiger partial charge in [-0.05, 0) is 43.2 Å². The number of halogens is 5. The lowest BCUT2D eigenvalue weighted by Gasteiger charge is -2.27. The standard InChI is InChI=1S/C30H28F5N5O4S/c1-2-39(45(43,44)29-27(34)25(32)24(31)26(33)28(29)35)16-23(41)40(20-11-12-21-18(13-20)14-36-38-30(21)42)15-19-9-6-10-22(37-19)17-7-4-3-5-8-17/h6,9-14,17H,2-5,7-8,15-16H2,1H3,(H,38,42). The van der Waals surface area contributed by atoms with Crippen molar-refractivity contribution in [2.75, 3.05) is 18.0 Å². The Kier molecular flexibility index (Phi) is 9.30. The molecule has 1 aliphatic carbocycles. The summed E-state index contributed by atoms with van der Waals surface area (Å²) in [5.41, 5.74) is 1.04. The molecule has 0 aliphatic heterocycles. The lowest BCUT2D eigenvalue weighted by Crippen LogP contribution is -2.43. The van der Waals surface area contributed by atoms with E-state index in [1.165, 1.54) is 36.2 Å². The van der Waals surface area contributed by atoms with Gasteiger partial charge in [0.05, 0.1) is 30.4 Å². The molecule has 9 nitrogen and oxygen atoms in total. The molecule has 0 unspecified atom stereocenters. The summed E-state index contributed by atoms with van der Waals surface area (Å²) in [7, 11) is -5.40. The summed E-state index contributed by atoms with van der Waals surface area (Å²) in [5.74, 6) is -13.1. The van der Waals surface area contributed by atoms with Crippen molar-refractivity contribution in [1.29, 1.82) is 0 Å². The molecule has 0 spiro atoms. The van der Waals surface area contributed by atoms with Crippen LogP contribution in [0.25, 0.3) is 10.8 Å². The molecule has 1 N–H and O–H groups in total. The van der Waals surface area contributed by atoms with E-state index < -0.39 is 68.6 Å². The fourth-order valence-electron chi connectivity index (χ4n) is 5.49. The number of rotatable bonds is 9. The molecule has 0 radical (unpaired) electrons. The van der Waals surface area contributed by atoms with Crippen LogP contribution in [0.2, 0.25) is 0 Å². The predicted molar refractivity (Wildman–Crippen MR) is 154 cm³/mol.